The van der Waals surface area contributed by atoms with Crippen molar-refractivity contribution in [1.82, 2.24) is 0 Å². The Morgan fingerprint density at radius 2 is 1.83 bits per heavy atom. The molecule has 0 rings (SSSR count). The molecule has 1 unspecified atom stereocenters. The van der Waals surface area contributed by atoms with Crippen LogP contribution in [0.4, 0.5) is 0 Å². The predicted octanol–water partition coefficient (Wildman–Crippen LogP) is 2.83. The van der Waals surface area contributed by atoms with Crippen molar-refractivity contribution >= 4 is 0 Å². The summed E-state index contributed by atoms with van der Waals surface area (Å²) in [6, 6.07) is 0.627. The van der Waals surface area contributed by atoms with Crippen molar-refractivity contribution in [3.63, 3.8) is 0 Å². The summed E-state index contributed by atoms with van der Waals surface area (Å²) in [6.07, 6.45) is 8.50. The number of hydrogen-bond donors (Lipinski definition) is 0. The van der Waals surface area contributed by atoms with Crippen molar-refractivity contribution in [2.24, 2.45) is 0 Å². The van der Waals surface area contributed by atoms with Gasteiger partial charge in [-0.1, -0.05) is 25.8 Å². The average molecular weight is 170 g/mol. The summed E-state index contributed by atoms with van der Waals surface area (Å²) in [5.74, 6) is 0. The molecule has 0 bridgehead atoms. The van der Waals surface area contributed by atoms with Crippen LogP contribution in [0.15, 0.2) is 12.2 Å². The Morgan fingerprint density at radius 3 is 2.25 bits per heavy atom. The van der Waals surface area contributed by atoms with E-state index in [9.17, 15) is 0 Å². The van der Waals surface area contributed by atoms with Gasteiger partial charge in [-0.15, -0.1) is 0 Å². The first-order valence-corrected chi connectivity index (χ1v) is 4.96. The van der Waals surface area contributed by atoms with Crippen LogP contribution in [-0.2, 0) is 0 Å². The minimum Gasteiger partial charge on any atom is -0.325 e. The van der Waals surface area contributed by atoms with E-state index in [1.807, 2.05) is 0 Å². The highest BCUT2D eigenvalue weighted by atomic mass is 15.3. The third kappa shape index (κ3) is 5.36. The van der Waals surface area contributed by atoms with Gasteiger partial charge < -0.3 is 4.48 Å². The lowest BCUT2D eigenvalue weighted by Crippen LogP contribution is -2.41. The number of unbranched alkanes of at least 4 members (excludes halogenated alkanes) is 2. The third-order valence-electron chi connectivity index (χ3n) is 2.36. The van der Waals surface area contributed by atoms with Gasteiger partial charge in [0.2, 0.25) is 0 Å². The Hall–Kier alpha value is -0.300. The zero-order valence-corrected chi connectivity index (χ0v) is 9.30. The molecule has 0 spiro atoms. The summed E-state index contributed by atoms with van der Waals surface area (Å²) in [5, 5.41) is 0. The lowest BCUT2D eigenvalue weighted by atomic mass is 10.2. The summed E-state index contributed by atoms with van der Waals surface area (Å²) >= 11 is 0. The fraction of sp³-hybridized carbons (Fsp3) is 0.818. The molecular weight excluding hydrogens is 146 g/mol. The van der Waals surface area contributed by atoms with Gasteiger partial charge in [0.05, 0.1) is 21.1 Å². The molecule has 12 heavy (non-hydrogen) atoms. The number of nitrogens with zero attached hydrogens (tertiary/aromatic N) is 1. The van der Waals surface area contributed by atoms with E-state index in [-0.39, 0.29) is 0 Å². The van der Waals surface area contributed by atoms with Crippen LogP contribution in [0.5, 0.6) is 0 Å². The fourth-order valence-corrected chi connectivity index (χ4v) is 0.873. The van der Waals surface area contributed by atoms with Gasteiger partial charge in [0.15, 0.2) is 0 Å². The van der Waals surface area contributed by atoms with Crippen molar-refractivity contribution in [3.05, 3.63) is 12.2 Å². The van der Waals surface area contributed by atoms with Gasteiger partial charge in [0, 0.05) is 0 Å². The molecule has 0 amide bonds. The molecule has 1 nitrogen and oxygen atoms in total. The molecule has 1 atom stereocenters. The smallest absolute Gasteiger partial charge is 0.104 e. The molecular formula is C11H24N+. The second kappa shape index (κ2) is 5.36. The Labute approximate surface area is 77.7 Å². The minimum absolute atomic E-state index is 0.627. The van der Waals surface area contributed by atoms with Crippen LogP contribution in [0.25, 0.3) is 0 Å². The topological polar surface area (TPSA) is 0 Å². The fourth-order valence-electron chi connectivity index (χ4n) is 0.873. The molecule has 0 saturated heterocycles. The first-order valence-electron chi connectivity index (χ1n) is 4.96. The van der Waals surface area contributed by atoms with Crippen molar-refractivity contribution < 1.29 is 4.48 Å². The molecule has 0 heterocycles. The Kier molecular flexibility index (Phi) is 5.23. The van der Waals surface area contributed by atoms with E-state index in [4.69, 9.17) is 0 Å². The third-order valence-corrected chi connectivity index (χ3v) is 2.36. The van der Waals surface area contributed by atoms with Gasteiger partial charge in [-0.05, 0) is 19.4 Å². The number of rotatable bonds is 5. The number of hydrogen-bond acceptors (Lipinski definition) is 0. The normalized spacial score (nSPS) is 15.4. The summed E-state index contributed by atoms with van der Waals surface area (Å²) in [4.78, 5) is 0. The maximum absolute atomic E-state index is 2.33. The second-order valence-corrected chi connectivity index (χ2v) is 4.43. The standard InChI is InChI=1S/C11H24N/c1-6-7-8-9-10-11(2)12(3,4)5/h9-11H,6-8H2,1-5H3/q+1. The van der Waals surface area contributed by atoms with Gasteiger partial charge in [-0.2, -0.15) is 0 Å². The highest BCUT2D eigenvalue weighted by Crippen LogP contribution is 2.04. The van der Waals surface area contributed by atoms with E-state index < -0.39 is 0 Å². The highest BCUT2D eigenvalue weighted by molar-refractivity contribution is 4.86. The molecule has 0 saturated carbocycles. The molecule has 0 aliphatic heterocycles. The van der Waals surface area contributed by atoms with Crippen LogP contribution >= 0.6 is 0 Å². The second-order valence-electron chi connectivity index (χ2n) is 4.43. The van der Waals surface area contributed by atoms with Crippen LogP contribution in [0.1, 0.15) is 33.1 Å². The molecule has 72 valence electrons. The number of quaternary nitrogens is 1. The van der Waals surface area contributed by atoms with E-state index in [0.717, 1.165) is 4.48 Å². The largest absolute Gasteiger partial charge is 0.325 e. The minimum atomic E-state index is 0.627. The predicted molar refractivity (Wildman–Crippen MR) is 56.2 cm³/mol. The summed E-state index contributed by atoms with van der Waals surface area (Å²) in [6.45, 7) is 4.50. The van der Waals surface area contributed by atoms with Crippen molar-refractivity contribution in [2.45, 2.75) is 39.2 Å². The first kappa shape index (κ1) is 11.7. The number of likely N-dealkylation sites (N-methyl/N-ethyl adjacent to an activating group) is 1. The monoisotopic (exact) mass is 170 g/mol. The average Bonchev–Trinajstić information content (AvgIpc) is 1.96. The summed E-state index contributed by atoms with van der Waals surface area (Å²) in [5.41, 5.74) is 0. The van der Waals surface area contributed by atoms with Gasteiger partial charge >= 0.3 is 0 Å². The van der Waals surface area contributed by atoms with Crippen LogP contribution in [0.2, 0.25) is 0 Å². The Morgan fingerprint density at radius 1 is 1.25 bits per heavy atom. The van der Waals surface area contributed by atoms with Crippen LogP contribution in [0.3, 0.4) is 0 Å². The Balaban J connectivity index is 3.68. The van der Waals surface area contributed by atoms with E-state index in [1.165, 1.54) is 19.3 Å². The lowest BCUT2D eigenvalue weighted by Gasteiger charge is -2.29. The summed E-state index contributed by atoms with van der Waals surface area (Å²) < 4.78 is 1.02. The van der Waals surface area contributed by atoms with Gasteiger partial charge in [0.1, 0.15) is 6.04 Å². The molecule has 0 N–H and O–H groups in total. The van der Waals surface area contributed by atoms with Gasteiger partial charge in [-0.3, -0.25) is 0 Å². The molecule has 1 heteroatoms. The van der Waals surface area contributed by atoms with Crippen molar-refractivity contribution in [1.29, 1.82) is 0 Å². The molecule has 0 aliphatic carbocycles. The van der Waals surface area contributed by atoms with E-state index in [2.05, 4.69) is 47.1 Å². The van der Waals surface area contributed by atoms with E-state index >= 15 is 0 Å². The first-order chi connectivity index (χ1) is 5.48. The highest BCUT2D eigenvalue weighted by Gasteiger charge is 2.13. The lowest BCUT2D eigenvalue weighted by molar-refractivity contribution is -0.887. The maximum Gasteiger partial charge on any atom is 0.104 e. The van der Waals surface area contributed by atoms with E-state index in [1.54, 1.807) is 0 Å². The van der Waals surface area contributed by atoms with Crippen LogP contribution in [-0.4, -0.2) is 31.7 Å². The molecule has 0 aromatic heterocycles. The van der Waals surface area contributed by atoms with Crippen molar-refractivity contribution in [2.75, 3.05) is 21.1 Å². The molecule has 0 radical (unpaired) electrons. The quantitative estimate of drug-likeness (QED) is 0.338. The van der Waals surface area contributed by atoms with Gasteiger partial charge in [0.25, 0.3) is 0 Å². The van der Waals surface area contributed by atoms with Crippen molar-refractivity contribution in [3.8, 4) is 0 Å². The molecule has 0 aliphatic rings. The number of allylic oxidation sites excluding steroid dienone is 1. The van der Waals surface area contributed by atoms with Crippen LogP contribution in [0, 0.1) is 0 Å². The SMILES string of the molecule is CCCCC=CC(C)[N+](C)(C)C. The zero-order chi connectivity index (χ0) is 9.61. The summed E-state index contributed by atoms with van der Waals surface area (Å²) in [7, 11) is 6.69. The zero-order valence-electron chi connectivity index (χ0n) is 9.30. The van der Waals surface area contributed by atoms with Gasteiger partial charge in [-0.25, -0.2) is 0 Å². The molecule has 0 fully saturated rings. The van der Waals surface area contributed by atoms with E-state index in [0.29, 0.717) is 6.04 Å². The van der Waals surface area contributed by atoms with Crippen LogP contribution < -0.4 is 0 Å². The molecule has 0 aromatic rings. The Bertz CT molecular complexity index is 130. The maximum atomic E-state index is 2.33. The molecule has 0 aromatic carbocycles.